The number of nitrogens with one attached hydrogen (secondary N) is 1. The third kappa shape index (κ3) is 4.39. The first kappa shape index (κ1) is 19.0. The van der Waals surface area contributed by atoms with Crippen LogP contribution in [0.2, 0.25) is 5.02 Å². The van der Waals surface area contributed by atoms with Crippen molar-refractivity contribution in [3.63, 3.8) is 0 Å². The molecule has 1 N–H and O–H groups in total. The molecule has 2 aromatic rings. The van der Waals surface area contributed by atoms with E-state index in [-0.39, 0.29) is 5.91 Å². The van der Waals surface area contributed by atoms with Gasteiger partial charge in [0.05, 0.1) is 27.7 Å². The lowest BCUT2D eigenvalue weighted by atomic mass is 10.2. The Morgan fingerprint density at radius 2 is 1.92 bits per heavy atom. The molecule has 1 unspecified atom stereocenters. The average Bonchev–Trinajstić information content (AvgIpc) is 2.87. The molecule has 0 spiro atoms. The smallest absolute Gasteiger partial charge is 0.338 e. The Hall–Kier alpha value is -2.34. The third-order valence-electron chi connectivity index (χ3n) is 3.75. The summed E-state index contributed by atoms with van der Waals surface area (Å²) < 4.78 is 6.91. The number of amides is 1. The van der Waals surface area contributed by atoms with E-state index in [0.717, 1.165) is 23.5 Å². The van der Waals surface area contributed by atoms with Gasteiger partial charge in [-0.1, -0.05) is 18.5 Å². The summed E-state index contributed by atoms with van der Waals surface area (Å²) in [6.07, 6.45) is -0.0157. The van der Waals surface area contributed by atoms with Gasteiger partial charge in [0.2, 0.25) is 0 Å². The zero-order chi connectivity index (χ0) is 18.6. The molecule has 25 heavy (non-hydrogen) atoms. The van der Waals surface area contributed by atoms with Crippen LogP contribution in [0.5, 0.6) is 0 Å². The van der Waals surface area contributed by atoms with Gasteiger partial charge in [0.25, 0.3) is 5.91 Å². The standard InChI is InChI=1S/C18H22ClN3O3/c1-5-10-20-17(23)13(4)25-18(24)14-6-8-15(9-7-14)22-12(3)16(19)11(2)21-22/h6-9,13H,5,10H2,1-4H3,(H,20,23). The molecule has 1 aromatic carbocycles. The van der Waals surface area contributed by atoms with E-state index < -0.39 is 12.1 Å². The van der Waals surface area contributed by atoms with Crippen LogP contribution in [0.25, 0.3) is 5.69 Å². The molecule has 1 heterocycles. The fraction of sp³-hybridized carbons (Fsp3) is 0.389. The van der Waals surface area contributed by atoms with Crippen molar-refractivity contribution in [2.75, 3.05) is 6.54 Å². The quantitative estimate of drug-likeness (QED) is 0.800. The summed E-state index contributed by atoms with van der Waals surface area (Å²) >= 11 is 6.16. The van der Waals surface area contributed by atoms with Crippen LogP contribution in [0.15, 0.2) is 24.3 Å². The van der Waals surface area contributed by atoms with Gasteiger partial charge in [0, 0.05) is 6.54 Å². The van der Waals surface area contributed by atoms with Gasteiger partial charge < -0.3 is 10.1 Å². The normalized spacial score (nSPS) is 11.9. The van der Waals surface area contributed by atoms with E-state index in [2.05, 4.69) is 10.4 Å². The van der Waals surface area contributed by atoms with Gasteiger partial charge >= 0.3 is 5.97 Å². The van der Waals surface area contributed by atoms with Crippen molar-refractivity contribution < 1.29 is 14.3 Å². The maximum absolute atomic E-state index is 12.2. The number of carbonyl (C=O) groups is 2. The number of halogens is 1. The maximum atomic E-state index is 12.2. The SMILES string of the molecule is CCCNC(=O)C(C)OC(=O)c1ccc(-n2nc(C)c(Cl)c2C)cc1. The second-order valence-electron chi connectivity index (χ2n) is 5.78. The Bertz CT molecular complexity index is 769. The van der Waals surface area contributed by atoms with E-state index >= 15 is 0 Å². The topological polar surface area (TPSA) is 73.2 Å². The van der Waals surface area contributed by atoms with Crippen LogP contribution in [-0.2, 0) is 9.53 Å². The molecule has 134 valence electrons. The molecule has 6 nitrogen and oxygen atoms in total. The van der Waals surface area contributed by atoms with Crippen LogP contribution in [-0.4, -0.2) is 34.3 Å². The highest BCUT2D eigenvalue weighted by Crippen LogP contribution is 2.22. The first-order chi connectivity index (χ1) is 11.8. The molecule has 2 rings (SSSR count). The van der Waals surface area contributed by atoms with Gasteiger partial charge in [-0.3, -0.25) is 4.79 Å². The van der Waals surface area contributed by atoms with Crippen LogP contribution in [0.4, 0.5) is 0 Å². The summed E-state index contributed by atoms with van der Waals surface area (Å²) in [5.41, 5.74) is 2.73. The second-order valence-corrected chi connectivity index (χ2v) is 6.16. The van der Waals surface area contributed by atoms with E-state index in [1.807, 2.05) is 20.8 Å². The monoisotopic (exact) mass is 363 g/mol. The molecule has 0 saturated carbocycles. The van der Waals surface area contributed by atoms with Crippen LogP contribution in [0.1, 0.15) is 42.0 Å². The van der Waals surface area contributed by atoms with Crippen molar-refractivity contribution in [2.24, 2.45) is 0 Å². The lowest BCUT2D eigenvalue weighted by Crippen LogP contribution is -2.36. The fourth-order valence-corrected chi connectivity index (χ4v) is 2.41. The Kier molecular flexibility index (Phi) is 6.20. The Morgan fingerprint density at radius 1 is 1.28 bits per heavy atom. The molecule has 0 radical (unpaired) electrons. The minimum absolute atomic E-state index is 0.302. The molecule has 0 bridgehead atoms. The summed E-state index contributed by atoms with van der Waals surface area (Å²) in [6.45, 7) is 7.77. The van der Waals surface area contributed by atoms with Gasteiger partial charge in [-0.25, -0.2) is 9.48 Å². The minimum atomic E-state index is -0.839. The summed E-state index contributed by atoms with van der Waals surface area (Å²) in [4.78, 5) is 23.9. The highest BCUT2D eigenvalue weighted by Gasteiger charge is 2.18. The number of aryl methyl sites for hydroxylation is 1. The van der Waals surface area contributed by atoms with Gasteiger partial charge in [-0.2, -0.15) is 5.10 Å². The molecule has 0 aliphatic heterocycles. The molecule has 1 aromatic heterocycles. The van der Waals surface area contributed by atoms with Gasteiger partial charge in [0.15, 0.2) is 6.10 Å². The van der Waals surface area contributed by atoms with Gasteiger partial charge in [-0.05, 0) is 51.5 Å². The molecule has 0 saturated heterocycles. The lowest BCUT2D eigenvalue weighted by Gasteiger charge is -2.13. The molecule has 1 atom stereocenters. The van der Waals surface area contributed by atoms with Crippen LogP contribution in [0, 0.1) is 13.8 Å². The van der Waals surface area contributed by atoms with E-state index in [9.17, 15) is 9.59 Å². The number of benzene rings is 1. The van der Waals surface area contributed by atoms with E-state index in [1.54, 1.807) is 35.9 Å². The van der Waals surface area contributed by atoms with Gasteiger partial charge in [0.1, 0.15) is 0 Å². The average molecular weight is 364 g/mol. The van der Waals surface area contributed by atoms with Crippen LogP contribution < -0.4 is 5.32 Å². The van der Waals surface area contributed by atoms with E-state index in [1.165, 1.54) is 0 Å². The number of rotatable bonds is 6. The number of hydrogen-bond donors (Lipinski definition) is 1. The van der Waals surface area contributed by atoms with E-state index in [4.69, 9.17) is 16.3 Å². The minimum Gasteiger partial charge on any atom is -0.449 e. The van der Waals surface area contributed by atoms with Crippen molar-refractivity contribution in [3.05, 3.63) is 46.2 Å². The molecular weight excluding hydrogens is 342 g/mol. The number of nitrogens with zero attached hydrogens (tertiary/aromatic N) is 2. The van der Waals surface area contributed by atoms with Crippen LogP contribution >= 0.6 is 11.6 Å². The Morgan fingerprint density at radius 3 is 2.44 bits per heavy atom. The number of aromatic nitrogens is 2. The summed E-state index contributed by atoms with van der Waals surface area (Å²) in [7, 11) is 0. The largest absolute Gasteiger partial charge is 0.449 e. The zero-order valence-electron chi connectivity index (χ0n) is 14.8. The number of esters is 1. The second kappa shape index (κ2) is 8.16. The number of ether oxygens (including phenoxy) is 1. The summed E-state index contributed by atoms with van der Waals surface area (Å²) in [5.74, 6) is -0.846. The molecule has 0 aliphatic rings. The highest BCUT2D eigenvalue weighted by molar-refractivity contribution is 6.31. The van der Waals surface area contributed by atoms with Gasteiger partial charge in [-0.15, -0.1) is 0 Å². The maximum Gasteiger partial charge on any atom is 0.338 e. The Balaban J connectivity index is 2.07. The predicted molar refractivity (Wildman–Crippen MR) is 96.2 cm³/mol. The lowest BCUT2D eigenvalue weighted by molar-refractivity contribution is -0.129. The highest BCUT2D eigenvalue weighted by atomic mass is 35.5. The van der Waals surface area contributed by atoms with Crippen molar-refractivity contribution >= 4 is 23.5 Å². The number of carbonyl (C=O) groups excluding carboxylic acids is 2. The van der Waals surface area contributed by atoms with Crippen LogP contribution in [0.3, 0.4) is 0 Å². The van der Waals surface area contributed by atoms with E-state index in [0.29, 0.717) is 17.1 Å². The third-order valence-corrected chi connectivity index (χ3v) is 4.30. The summed E-state index contributed by atoms with van der Waals surface area (Å²) in [6, 6.07) is 6.79. The van der Waals surface area contributed by atoms with Crippen molar-refractivity contribution in [3.8, 4) is 5.69 Å². The zero-order valence-corrected chi connectivity index (χ0v) is 15.6. The number of hydrogen-bond acceptors (Lipinski definition) is 4. The molecule has 0 fully saturated rings. The first-order valence-corrected chi connectivity index (χ1v) is 8.53. The predicted octanol–water partition coefficient (Wildman–Crippen LogP) is 3.21. The molecular formula is C18H22ClN3O3. The van der Waals surface area contributed by atoms with Crippen molar-refractivity contribution in [1.29, 1.82) is 0 Å². The fourth-order valence-electron chi connectivity index (χ4n) is 2.29. The Labute approximate surface area is 152 Å². The first-order valence-electron chi connectivity index (χ1n) is 8.16. The van der Waals surface area contributed by atoms with Crippen molar-refractivity contribution in [2.45, 2.75) is 40.2 Å². The van der Waals surface area contributed by atoms with Crippen molar-refractivity contribution in [1.82, 2.24) is 15.1 Å². The molecule has 1 amide bonds. The molecule has 0 aliphatic carbocycles. The summed E-state index contributed by atoms with van der Waals surface area (Å²) in [5, 5.41) is 7.68. The molecule has 7 heteroatoms.